The number of aliphatic hydroxyl groups is 1. The first-order valence-corrected chi connectivity index (χ1v) is 28.0. The van der Waals surface area contributed by atoms with E-state index >= 15 is 0 Å². The lowest BCUT2D eigenvalue weighted by molar-refractivity contribution is -0.141. The smallest absolute Gasteiger partial charge is 0.327 e. The van der Waals surface area contributed by atoms with E-state index in [4.69, 9.17) is 11.5 Å². The van der Waals surface area contributed by atoms with Crippen LogP contribution in [0.1, 0.15) is 48.4 Å². The number of aliphatic carboxylic acids is 1. The van der Waals surface area contributed by atoms with Gasteiger partial charge in [-0.15, -0.1) is 0 Å². The molecule has 414 valence electrons. The molecule has 5 aromatic rings. The molecule has 1 aliphatic heterocycles. The van der Waals surface area contributed by atoms with Crippen LogP contribution in [0, 0.1) is 0 Å². The van der Waals surface area contributed by atoms with Crippen molar-refractivity contribution in [2.45, 2.75) is 106 Å². The number of carboxylic acid groups (broad SMARTS) is 1. The number of amides is 7. The zero-order chi connectivity index (χ0) is 56.1. The zero-order valence-corrected chi connectivity index (χ0v) is 44.6. The highest BCUT2D eigenvalue weighted by atomic mass is 33.1. The van der Waals surface area contributed by atoms with Gasteiger partial charge in [-0.2, -0.15) is 0 Å². The maximum Gasteiger partial charge on any atom is 0.327 e. The predicted molar refractivity (Wildman–Crippen MR) is 298 cm³/mol. The van der Waals surface area contributed by atoms with E-state index in [9.17, 15) is 53.7 Å². The lowest BCUT2D eigenvalue weighted by Gasteiger charge is -2.29. The van der Waals surface area contributed by atoms with Gasteiger partial charge in [-0.1, -0.05) is 137 Å². The Hall–Kier alpha value is -7.50. The van der Waals surface area contributed by atoms with E-state index in [-0.39, 0.29) is 55.9 Å². The molecule has 9 atom stereocenters. The number of nitrogens with two attached hydrogens (primary N) is 2. The number of hydrogen-bond acceptors (Lipinski definition) is 14. The number of carbonyl (C=O) groups excluding carboxylic acids is 7. The van der Waals surface area contributed by atoms with Crippen LogP contribution in [-0.2, 0) is 64.0 Å². The Bertz CT molecular complexity index is 2840. The summed E-state index contributed by atoms with van der Waals surface area (Å²) < 4.78 is 0. The third-order valence-electron chi connectivity index (χ3n) is 12.9. The Morgan fingerprint density at radius 2 is 1.00 bits per heavy atom. The van der Waals surface area contributed by atoms with E-state index in [2.05, 4.69) is 37.2 Å². The molecule has 0 saturated carbocycles. The second-order valence-electron chi connectivity index (χ2n) is 19.0. The van der Waals surface area contributed by atoms with Crippen LogP contribution >= 0.6 is 21.6 Å². The standard InChI is InChI=1S/C56H67N9O11S2/c1-33(66)48-55(74)63-45(28-35-15-6-3-7-16-35)53(72)64-47(56(75)76)32-78-77-31-41(58)49(68)60-43(27-34-13-4-2-5-14-34)51(70)61-44(29-36-22-24-39(67)25-23-36)52(71)62-46(30-38-19-12-18-37-17-8-9-20-40(37)38)54(73)59-42(50(69)65-48)21-10-11-26-57/h2-9,12-20,22-25,33,41-48,66-67H,10-11,21,26-32,57-58H2,1H3,(H,59,73)(H,60,68)(H,61,70)(H,62,71)(H,63,74)(H,64,72)(H,65,69)(H,75,76)/t33-,41-,42+,43-,44+,45+,46?,47-,48+/m1/s1. The summed E-state index contributed by atoms with van der Waals surface area (Å²) in [5.41, 5.74) is 14.6. The molecule has 0 bridgehead atoms. The SMILES string of the molecule is C[C@@H](O)[C@@H]1NC(=O)[C@H](CCCCN)NC(=O)C(Cc2cccc3ccccc23)NC(=O)[C@H](Cc2ccc(O)cc2)NC(=O)[C@@H](Cc2ccccc2)NC(=O)[C@H](N)CSSC[C@H](C(=O)O)NC(=O)[C@H](Cc2ccccc2)NC1=O. The van der Waals surface area contributed by atoms with Gasteiger partial charge in [0, 0.05) is 37.2 Å². The Morgan fingerprint density at radius 1 is 0.538 bits per heavy atom. The van der Waals surface area contributed by atoms with Crippen molar-refractivity contribution in [3.63, 3.8) is 0 Å². The van der Waals surface area contributed by atoms with Crippen molar-refractivity contribution in [1.29, 1.82) is 0 Å². The largest absolute Gasteiger partial charge is 0.508 e. The van der Waals surface area contributed by atoms with Gasteiger partial charge in [-0.05, 0) is 77.9 Å². The minimum Gasteiger partial charge on any atom is -0.508 e. The van der Waals surface area contributed by atoms with Gasteiger partial charge in [0.25, 0.3) is 0 Å². The molecule has 22 heteroatoms. The van der Waals surface area contributed by atoms with Crippen molar-refractivity contribution >= 4 is 79.7 Å². The molecular weight excluding hydrogens is 1040 g/mol. The number of nitrogens with one attached hydrogen (secondary N) is 7. The summed E-state index contributed by atoms with van der Waals surface area (Å²) in [6, 6.07) is 24.8. The van der Waals surface area contributed by atoms with Gasteiger partial charge < -0.3 is 64.0 Å². The number of rotatable bonds is 14. The third-order valence-corrected chi connectivity index (χ3v) is 15.4. The molecule has 1 fully saturated rings. The van der Waals surface area contributed by atoms with Crippen LogP contribution in [0.15, 0.2) is 127 Å². The molecule has 1 saturated heterocycles. The highest BCUT2D eigenvalue weighted by molar-refractivity contribution is 8.76. The first-order chi connectivity index (χ1) is 37.5. The van der Waals surface area contributed by atoms with Gasteiger partial charge in [0.05, 0.1) is 12.1 Å². The van der Waals surface area contributed by atoms with Crippen molar-refractivity contribution in [3.8, 4) is 5.75 Å². The van der Waals surface area contributed by atoms with E-state index < -0.39 is 102 Å². The topological polar surface area (TPSA) is 333 Å². The van der Waals surface area contributed by atoms with Crippen LogP contribution in [0.2, 0.25) is 0 Å². The molecule has 7 amide bonds. The number of benzene rings is 5. The maximum absolute atomic E-state index is 14.9. The molecule has 5 aromatic carbocycles. The summed E-state index contributed by atoms with van der Waals surface area (Å²) in [7, 11) is 2.04. The van der Waals surface area contributed by atoms with Gasteiger partial charge in [0.2, 0.25) is 41.4 Å². The van der Waals surface area contributed by atoms with E-state index in [1.807, 2.05) is 30.3 Å². The predicted octanol–water partition coefficient (Wildman–Crippen LogP) is 1.53. The number of phenols is 1. The lowest BCUT2D eigenvalue weighted by atomic mass is 9.97. The minimum absolute atomic E-state index is 0.0124. The number of aromatic hydroxyl groups is 1. The van der Waals surface area contributed by atoms with Crippen molar-refractivity contribution in [2.24, 2.45) is 11.5 Å². The Balaban J connectivity index is 1.41. The van der Waals surface area contributed by atoms with Crippen molar-refractivity contribution in [3.05, 3.63) is 150 Å². The molecule has 0 radical (unpaired) electrons. The molecule has 14 N–H and O–H groups in total. The van der Waals surface area contributed by atoms with Crippen LogP contribution in [0.3, 0.4) is 0 Å². The van der Waals surface area contributed by atoms with E-state index in [0.717, 1.165) is 32.4 Å². The zero-order valence-electron chi connectivity index (χ0n) is 43.0. The quantitative estimate of drug-likeness (QED) is 0.0554. The summed E-state index contributed by atoms with van der Waals surface area (Å²) >= 11 is 0. The Morgan fingerprint density at radius 3 is 1.56 bits per heavy atom. The van der Waals surface area contributed by atoms with Crippen LogP contribution in [0.5, 0.6) is 5.75 Å². The second kappa shape index (κ2) is 29.9. The number of fused-ring (bicyclic) bond motifs is 1. The number of carbonyl (C=O) groups is 8. The van der Waals surface area contributed by atoms with Gasteiger partial charge in [0.15, 0.2) is 0 Å². The van der Waals surface area contributed by atoms with Crippen LogP contribution in [0.4, 0.5) is 0 Å². The Kier molecular flexibility index (Phi) is 22.9. The maximum atomic E-state index is 14.9. The molecule has 1 unspecified atom stereocenters. The van der Waals surface area contributed by atoms with Gasteiger partial charge in [-0.25, -0.2) is 4.79 Å². The number of hydrogen-bond donors (Lipinski definition) is 12. The number of aliphatic hydroxyl groups excluding tert-OH is 1. The summed E-state index contributed by atoms with van der Waals surface area (Å²) in [4.78, 5) is 114. The van der Waals surface area contributed by atoms with Crippen LogP contribution in [-0.4, -0.2) is 135 Å². The van der Waals surface area contributed by atoms with Crippen molar-refractivity contribution in [1.82, 2.24) is 37.2 Å². The molecule has 0 aromatic heterocycles. The highest BCUT2D eigenvalue weighted by Crippen LogP contribution is 2.24. The number of unbranched alkanes of at least 4 members (excludes halogenated alkanes) is 1. The number of carboxylic acids is 1. The highest BCUT2D eigenvalue weighted by Gasteiger charge is 2.36. The fourth-order valence-corrected chi connectivity index (χ4v) is 10.9. The van der Waals surface area contributed by atoms with Crippen LogP contribution in [0.25, 0.3) is 10.8 Å². The number of phenolic OH excluding ortho intramolecular Hbond substituents is 1. The molecule has 20 nitrogen and oxygen atoms in total. The average Bonchev–Trinajstić information content (AvgIpc) is 3.43. The summed E-state index contributed by atoms with van der Waals surface area (Å²) in [5.74, 6) is -7.71. The van der Waals surface area contributed by atoms with Crippen molar-refractivity contribution in [2.75, 3.05) is 18.1 Å². The molecule has 0 aliphatic carbocycles. The summed E-state index contributed by atoms with van der Waals surface area (Å²) in [6.45, 7) is 1.48. The fraction of sp³-hybridized carbons (Fsp3) is 0.357. The summed E-state index contributed by atoms with van der Waals surface area (Å²) in [6.07, 6.45) is -1.28. The van der Waals surface area contributed by atoms with Gasteiger partial charge >= 0.3 is 5.97 Å². The van der Waals surface area contributed by atoms with Gasteiger partial charge in [-0.3, -0.25) is 33.6 Å². The third kappa shape index (κ3) is 18.0. The lowest BCUT2D eigenvalue weighted by Crippen LogP contribution is -2.62. The molecule has 6 rings (SSSR count). The molecular formula is C56H67N9O11S2. The summed E-state index contributed by atoms with van der Waals surface area (Å²) in [5, 5.41) is 51.7. The van der Waals surface area contributed by atoms with Gasteiger partial charge in [0.1, 0.15) is 48.0 Å². The van der Waals surface area contributed by atoms with E-state index in [0.29, 0.717) is 35.1 Å². The molecule has 78 heavy (non-hydrogen) atoms. The monoisotopic (exact) mass is 1110 g/mol. The average molecular weight is 1110 g/mol. The first kappa shape index (κ1) is 59.7. The van der Waals surface area contributed by atoms with Crippen LogP contribution < -0.4 is 48.7 Å². The molecule has 1 aliphatic rings. The van der Waals surface area contributed by atoms with E-state index in [1.54, 1.807) is 84.9 Å². The first-order valence-electron chi connectivity index (χ1n) is 25.6. The molecule has 1 heterocycles. The fourth-order valence-electron chi connectivity index (χ4n) is 8.63. The molecule has 0 spiro atoms. The van der Waals surface area contributed by atoms with Crippen molar-refractivity contribution < 1.29 is 53.7 Å². The normalized spacial score (nSPS) is 23.3. The van der Waals surface area contributed by atoms with E-state index in [1.165, 1.54) is 19.1 Å². The minimum atomic E-state index is -1.71. The Labute approximate surface area is 459 Å². The second-order valence-corrected chi connectivity index (χ2v) is 21.5.